The second-order valence-corrected chi connectivity index (χ2v) is 7.28. The fourth-order valence-electron chi connectivity index (χ4n) is 4.62. The van der Waals surface area contributed by atoms with Gasteiger partial charge in [0.25, 0.3) is 0 Å². The average Bonchev–Trinajstić information content (AvgIpc) is 2.68. The number of hydrogen-bond donors (Lipinski definition) is 1. The highest BCUT2D eigenvalue weighted by Gasteiger charge is 2.66. The van der Waals surface area contributed by atoms with E-state index in [4.69, 9.17) is 0 Å². The van der Waals surface area contributed by atoms with Gasteiger partial charge in [0.15, 0.2) is 0 Å². The van der Waals surface area contributed by atoms with Crippen LogP contribution >= 0.6 is 11.3 Å². The third-order valence-corrected chi connectivity index (χ3v) is 6.28. The molecule has 0 aliphatic heterocycles. The zero-order valence-electron chi connectivity index (χ0n) is 9.60. The minimum Gasteiger partial charge on any atom is -0.387 e. The van der Waals surface area contributed by atoms with Gasteiger partial charge in [-0.25, -0.2) is 0 Å². The van der Waals surface area contributed by atoms with E-state index in [9.17, 15) is 5.11 Å². The van der Waals surface area contributed by atoms with Crippen molar-refractivity contribution in [2.24, 2.45) is 29.6 Å². The Bertz CT molecular complexity index is 408. The summed E-state index contributed by atoms with van der Waals surface area (Å²) in [6.45, 7) is 2.12. The van der Waals surface area contributed by atoms with E-state index in [1.807, 2.05) is 0 Å². The number of rotatable bonds is 2. The summed E-state index contributed by atoms with van der Waals surface area (Å²) in [7, 11) is 0. The molecule has 86 valence electrons. The molecule has 3 aliphatic carbocycles. The molecule has 3 fully saturated rings. The van der Waals surface area contributed by atoms with Crippen molar-refractivity contribution < 1.29 is 5.11 Å². The first-order valence-electron chi connectivity index (χ1n) is 6.50. The lowest BCUT2D eigenvalue weighted by Crippen LogP contribution is -2.06. The van der Waals surface area contributed by atoms with Crippen LogP contribution in [0.25, 0.3) is 0 Å². The third kappa shape index (κ3) is 1.15. The van der Waals surface area contributed by atoms with Crippen molar-refractivity contribution >= 4 is 11.3 Å². The van der Waals surface area contributed by atoms with Gasteiger partial charge in [-0.1, -0.05) is 0 Å². The Morgan fingerprint density at radius 1 is 1.25 bits per heavy atom. The number of thiophene rings is 1. The van der Waals surface area contributed by atoms with Gasteiger partial charge in [0, 0.05) is 9.75 Å². The SMILES string of the molecule is Cc1ccc(C(O)C2C3C4CCC(C4)C32)s1. The molecular formula is C14H18OS. The normalized spacial score (nSPS) is 45.8. The third-order valence-electron chi connectivity index (χ3n) is 5.21. The first-order valence-corrected chi connectivity index (χ1v) is 7.32. The van der Waals surface area contributed by atoms with Gasteiger partial charge in [-0.15, -0.1) is 11.3 Å². The minimum absolute atomic E-state index is 0.155. The summed E-state index contributed by atoms with van der Waals surface area (Å²) >= 11 is 1.78. The van der Waals surface area contributed by atoms with Crippen molar-refractivity contribution in [3.8, 4) is 0 Å². The highest BCUT2D eigenvalue weighted by atomic mass is 32.1. The van der Waals surface area contributed by atoms with Crippen molar-refractivity contribution in [1.29, 1.82) is 0 Å². The summed E-state index contributed by atoms with van der Waals surface area (Å²) < 4.78 is 0. The van der Waals surface area contributed by atoms with Crippen LogP contribution in [0.3, 0.4) is 0 Å². The lowest BCUT2D eigenvalue weighted by atomic mass is 9.98. The quantitative estimate of drug-likeness (QED) is 0.831. The van der Waals surface area contributed by atoms with Crippen LogP contribution in [0.4, 0.5) is 0 Å². The molecule has 5 atom stereocenters. The molecule has 1 aromatic heterocycles. The summed E-state index contributed by atoms with van der Waals surface area (Å²) in [4.78, 5) is 2.53. The molecule has 0 saturated heterocycles. The topological polar surface area (TPSA) is 20.2 Å². The number of hydrogen-bond acceptors (Lipinski definition) is 2. The molecule has 0 spiro atoms. The number of aliphatic hydroxyl groups is 1. The molecule has 1 aromatic rings. The van der Waals surface area contributed by atoms with E-state index in [0.29, 0.717) is 5.92 Å². The van der Waals surface area contributed by atoms with Crippen molar-refractivity contribution in [1.82, 2.24) is 0 Å². The molecule has 2 heteroatoms. The second kappa shape index (κ2) is 3.11. The van der Waals surface area contributed by atoms with Crippen LogP contribution in [-0.2, 0) is 0 Å². The van der Waals surface area contributed by atoms with Gasteiger partial charge in [0.2, 0.25) is 0 Å². The predicted octanol–water partition coefficient (Wildman–Crippen LogP) is 3.38. The van der Waals surface area contributed by atoms with Gasteiger partial charge < -0.3 is 5.11 Å². The monoisotopic (exact) mass is 234 g/mol. The first-order chi connectivity index (χ1) is 7.75. The number of aryl methyl sites for hydroxylation is 1. The minimum atomic E-state index is -0.155. The Balaban J connectivity index is 1.57. The fourth-order valence-corrected chi connectivity index (χ4v) is 5.54. The van der Waals surface area contributed by atoms with Crippen molar-refractivity contribution in [2.45, 2.75) is 32.3 Å². The van der Waals surface area contributed by atoms with Crippen molar-refractivity contribution in [2.75, 3.05) is 0 Å². The maximum atomic E-state index is 10.5. The predicted molar refractivity (Wildman–Crippen MR) is 65.3 cm³/mol. The van der Waals surface area contributed by atoms with E-state index >= 15 is 0 Å². The van der Waals surface area contributed by atoms with E-state index in [1.54, 1.807) is 11.3 Å². The Hall–Kier alpha value is -0.340. The Labute approximate surface area is 100 Å². The molecule has 1 heterocycles. The lowest BCUT2D eigenvalue weighted by Gasteiger charge is -2.13. The van der Waals surface area contributed by atoms with Crippen LogP contribution in [0.15, 0.2) is 12.1 Å². The largest absolute Gasteiger partial charge is 0.387 e. The van der Waals surface area contributed by atoms with Gasteiger partial charge in [-0.2, -0.15) is 0 Å². The summed E-state index contributed by atoms with van der Waals surface area (Å²) in [6.07, 6.45) is 4.20. The van der Waals surface area contributed by atoms with Crippen molar-refractivity contribution in [3.63, 3.8) is 0 Å². The smallest absolute Gasteiger partial charge is 0.0915 e. The zero-order chi connectivity index (χ0) is 10.9. The molecule has 0 aromatic carbocycles. The highest BCUT2D eigenvalue weighted by Crippen LogP contribution is 2.72. The van der Waals surface area contributed by atoms with E-state index in [1.165, 1.54) is 29.0 Å². The van der Waals surface area contributed by atoms with Crippen LogP contribution in [0.5, 0.6) is 0 Å². The Morgan fingerprint density at radius 2 is 1.94 bits per heavy atom. The molecule has 2 bridgehead atoms. The fraction of sp³-hybridized carbons (Fsp3) is 0.714. The zero-order valence-corrected chi connectivity index (χ0v) is 10.4. The molecule has 1 nitrogen and oxygen atoms in total. The van der Waals surface area contributed by atoms with Gasteiger partial charge in [-0.3, -0.25) is 0 Å². The van der Waals surface area contributed by atoms with E-state index in [-0.39, 0.29) is 6.10 Å². The van der Waals surface area contributed by atoms with Crippen LogP contribution in [0.1, 0.15) is 35.1 Å². The summed E-state index contributed by atoms with van der Waals surface area (Å²) in [5.41, 5.74) is 0. The van der Waals surface area contributed by atoms with E-state index in [0.717, 1.165) is 23.7 Å². The van der Waals surface area contributed by atoms with Gasteiger partial charge in [0.05, 0.1) is 6.10 Å². The van der Waals surface area contributed by atoms with E-state index < -0.39 is 0 Å². The van der Waals surface area contributed by atoms with Gasteiger partial charge in [0.1, 0.15) is 0 Å². The van der Waals surface area contributed by atoms with Crippen molar-refractivity contribution in [3.05, 3.63) is 21.9 Å². The molecule has 5 unspecified atom stereocenters. The maximum Gasteiger partial charge on any atom is 0.0915 e. The van der Waals surface area contributed by atoms with E-state index in [2.05, 4.69) is 19.1 Å². The van der Waals surface area contributed by atoms with Crippen LogP contribution < -0.4 is 0 Å². The summed E-state index contributed by atoms with van der Waals surface area (Å²) in [6, 6.07) is 4.26. The number of aliphatic hydroxyl groups excluding tert-OH is 1. The standard InChI is InChI=1S/C14H18OS/c1-7-2-5-10(16-7)14(15)13-11-8-3-4-9(6-8)12(11)13/h2,5,8-9,11-15H,3-4,6H2,1H3. The summed E-state index contributed by atoms with van der Waals surface area (Å²) in [5.74, 6) is 4.32. The van der Waals surface area contributed by atoms with Crippen LogP contribution in [-0.4, -0.2) is 5.11 Å². The molecule has 1 N–H and O–H groups in total. The van der Waals surface area contributed by atoms with Gasteiger partial charge >= 0.3 is 0 Å². The Morgan fingerprint density at radius 3 is 2.50 bits per heavy atom. The number of fused-ring (bicyclic) bond motifs is 5. The molecular weight excluding hydrogens is 216 g/mol. The second-order valence-electron chi connectivity index (χ2n) is 5.96. The molecule has 3 aliphatic rings. The Kier molecular flexibility index (Phi) is 1.88. The van der Waals surface area contributed by atoms with Crippen LogP contribution in [0, 0.1) is 36.5 Å². The van der Waals surface area contributed by atoms with Gasteiger partial charge in [-0.05, 0) is 67.9 Å². The summed E-state index contributed by atoms with van der Waals surface area (Å²) in [5, 5.41) is 10.5. The highest BCUT2D eigenvalue weighted by molar-refractivity contribution is 7.12. The maximum absolute atomic E-state index is 10.5. The molecule has 0 radical (unpaired) electrons. The first kappa shape index (κ1) is 9.67. The molecule has 0 amide bonds. The average molecular weight is 234 g/mol. The lowest BCUT2D eigenvalue weighted by molar-refractivity contribution is 0.133. The molecule has 4 rings (SSSR count). The molecule has 16 heavy (non-hydrogen) atoms. The van der Waals surface area contributed by atoms with Crippen LogP contribution in [0.2, 0.25) is 0 Å². The molecule has 3 saturated carbocycles.